The van der Waals surface area contributed by atoms with Gasteiger partial charge in [-0.25, -0.2) is 0 Å². The number of allylic oxidation sites excluding steroid dienone is 1. The lowest BCUT2D eigenvalue weighted by Gasteiger charge is -2.08. The number of benzene rings is 2. The van der Waals surface area contributed by atoms with Crippen LogP contribution in [0.1, 0.15) is 29.8 Å². The van der Waals surface area contributed by atoms with Crippen LogP contribution in [0.4, 0.5) is 0 Å². The van der Waals surface area contributed by atoms with Crippen molar-refractivity contribution >= 4 is 16.8 Å². The molecule has 0 N–H and O–H groups in total. The van der Waals surface area contributed by atoms with Crippen molar-refractivity contribution in [3.63, 3.8) is 0 Å². The Morgan fingerprint density at radius 2 is 1.70 bits per heavy atom. The van der Waals surface area contributed by atoms with Crippen molar-refractivity contribution in [2.24, 2.45) is 0 Å². The van der Waals surface area contributed by atoms with E-state index < -0.39 is 5.24 Å². The molecule has 2 rings (SSSR count). The Bertz CT molecular complexity index is 624. The van der Waals surface area contributed by atoms with E-state index >= 15 is 0 Å². The normalized spacial score (nSPS) is 9.35. The second kappa shape index (κ2) is 10.5. The van der Waals surface area contributed by atoms with Crippen LogP contribution in [0.5, 0.6) is 5.75 Å². The number of ether oxygens (including phenoxy) is 2. The van der Waals surface area contributed by atoms with E-state index in [0.717, 1.165) is 17.9 Å². The smallest absolute Gasteiger partial charge is 0.256 e. The van der Waals surface area contributed by atoms with Crippen LogP contribution in [0.2, 0.25) is 0 Å². The van der Waals surface area contributed by atoms with Crippen LogP contribution in [0.15, 0.2) is 66.9 Å². The van der Waals surface area contributed by atoms with Crippen molar-refractivity contribution in [3.05, 3.63) is 78.1 Å². The molecule has 3 nitrogen and oxygen atoms in total. The quantitative estimate of drug-likeness (QED) is 0.538. The van der Waals surface area contributed by atoms with Crippen molar-refractivity contribution in [1.82, 2.24) is 0 Å². The van der Waals surface area contributed by atoms with E-state index in [1.165, 1.54) is 0 Å². The van der Waals surface area contributed by atoms with Gasteiger partial charge in [-0.3, -0.25) is 4.79 Å². The number of halogens is 1. The van der Waals surface area contributed by atoms with Gasteiger partial charge >= 0.3 is 0 Å². The molecule has 0 aromatic heterocycles. The van der Waals surface area contributed by atoms with Gasteiger partial charge in [-0.15, -0.1) is 0 Å². The van der Waals surface area contributed by atoms with Crippen molar-refractivity contribution in [3.8, 4) is 5.75 Å². The first-order valence-corrected chi connectivity index (χ1v) is 7.66. The predicted octanol–water partition coefficient (Wildman–Crippen LogP) is 5.20. The minimum atomic E-state index is -0.506. The molecular weight excluding hydrogens is 312 g/mol. The minimum absolute atomic E-state index is 0.394. The maximum Gasteiger partial charge on any atom is 0.256 e. The Morgan fingerprint density at radius 1 is 1.09 bits per heavy atom. The molecule has 4 heteroatoms. The summed E-state index contributed by atoms with van der Waals surface area (Å²) in [5.41, 5.74) is 1.44. The summed E-state index contributed by atoms with van der Waals surface area (Å²) in [6, 6.07) is 16.7. The molecule has 0 radical (unpaired) electrons. The molecule has 0 heterocycles. The average Bonchev–Trinajstić information content (AvgIpc) is 2.54. The van der Waals surface area contributed by atoms with E-state index in [1.54, 1.807) is 18.2 Å². The Morgan fingerprint density at radius 3 is 2.22 bits per heavy atom. The Balaban J connectivity index is 0.000000379. The molecular formula is C19H21ClO3. The minimum Gasteiger partial charge on any atom is -0.499 e. The third kappa shape index (κ3) is 7.52. The molecule has 0 atom stereocenters. The molecule has 23 heavy (non-hydrogen) atoms. The van der Waals surface area contributed by atoms with Gasteiger partial charge in [-0.1, -0.05) is 49.0 Å². The van der Waals surface area contributed by atoms with Gasteiger partial charge in [0.15, 0.2) is 0 Å². The molecule has 0 bridgehead atoms. The summed E-state index contributed by atoms with van der Waals surface area (Å²) in [4.78, 5) is 11.2. The van der Waals surface area contributed by atoms with E-state index in [4.69, 9.17) is 21.1 Å². The third-order valence-electron chi connectivity index (χ3n) is 2.73. The molecule has 0 aliphatic carbocycles. The monoisotopic (exact) mass is 332 g/mol. The van der Waals surface area contributed by atoms with Crippen LogP contribution in [0.3, 0.4) is 0 Å². The fraction of sp³-hybridized carbons (Fsp3) is 0.211. The van der Waals surface area contributed by atoms with Gasteiger partial charge in [-0.05, 0) is 43.1 Å². The highest BCUT2D eigenvalue weighted by Gasteiger charge is 2.08. The number of para-hydroxylation sites is 1. The molecule has 0 fully saturated rings. The maximum atomic E-state index is 11.2. The molecule has 0 aliphatic rings. The van der Waals surface area contributed by atoms with Crippen molar-refractivity contribution < 1.29 is 14.3 Å². The summed E-state index contributed by atoms with van der Waals surface area (Å²) < 4.78 is 10.4. The van der Waals surface area contributed by atoms with Gasteiger partial charge in [0.2, 0.25) is 0 Å². The molecule has 0 amide bonds. The molecule has 0 saturated carbocycles. The van der Waals surface area contributed by atoms with Crippen LogP contribution in [0, 0.1) is 0 Å². The van der Waals surface area contributed by atoms with E-state index in [1.807, 2.05) is 50.2 Å². The van der Waals surface area contributed by atoms with Crippen molar-refractivity contribution in [2.45, 2.75) is 20.5 Å². The zero-order valence-corrected chi connectivity index (χ0v) is 14.2. The summed E-state index contributed by atoms with van der Waals surface area (Å²) >= 11 is 5.47. The SMILES string of the molecule is C=C(C)OCC.O=C(Cl)c1ccccc1OCc1ccccc1. The van der Waals surface area contributed by atoms with Gasteiger partial charge in [0.25, 0.3) is 5.24 Å². The van der Waals surface area contributed by atoms with Crippen LogP contribution in [-0.2, 0) is 11.3 Å². The standard InChI is InChI=1S/C14H11ClO2.C5H10O/c15-14(16)12-8-4-5-9-13(12)17-10-11-6-2-1-3-7-11;1-4-6-5(2)3/h1-9H,10H2;2,4H2,1,3H3. The van der Waals surface area contributed by atoms with Gasteiger partial charge in [0.05, 0.1) is 17.9 Å². The molecule has 0 unspecified atom stereocenters. The summed E-state index contributed by atoms with van der Waals surface area (Å²) in [7, 11) is 0. The Kier molecular flexibility index (Phi) is 8.55. The molecule has 2 aromatic rings. The molecule has 2 aromatic carbocycles. The lowest BCUT2D eigenvalue weighted by atomic mass is 10.2. The number of carbonyl (C=O) groups is 1. The number of hydrogen-bond acceptors (Lipinski definition) is 3. The highest BCUT2D eigenvalue weighted by Crippen LogP contribution is 2.20. The lowest BCUT2D eigenvalue weighted by molar-refractivity contribution is 0.107. The first-order chi connectivity index (χ1) is 11.0. The van der Waals surface area contributed by atoms with E-state index in [9.17, 15) is 4.79 Å². The average molecular weight is 333 g/mol. The summed E-state index contributed by atoms with van der Waals surface area (Å²) in [5, 5.41) is -0.506. The second-order valence-electron chi connectivity index (χ2n) is 4.68. The zero-order valence-electron chi connectivity index (χ0n) is 13.4. The Labute approximate surface area is 142 Å². The summed E-state index contributed by atoms with van der Waals surface area (Å²) in [5.74, 6) is 1.30. The predicted molar refractivity (Wildman–Crippen MR) is 93.8 cm³/mol. The molecule has 0 saturated heterocycles. The largest absolute Gasteiger partial charge is 0.499 e. The lowest BCUT2D eigenvalue weighted by Crippen LogP contribution is -2.00. The highest BCUT2D eigenvalue weighted by molar-refractivity contribution is 6.68. The van der Waals surface area contributed by atoms with E-state index in [2.05, 4.69) is 6.58 Å². The first-order valence-electron chi connectivity index (χ1n) is 7.28. The van der Waals surface area contributed by atoms with Gasteiger partial charge in [0, 0.05) is 0 Å². The molecule has 122 valence electrons. The molecule has 0 aliphatic heterocycles. The van der Waals surface area contributed by atoms with Crippen LogP contribution in [0.25, 0.3) is 0 Å². The Hall–Kier alpha value is -2.26. The van der Waals surface area contributed by atoms with Crippen molar-refractivity contribution in [2.75, 3.05) is 6.61 Å². The first kappa shape index (κ1) is 18.8. The third-order valence-corrected chi connectivity index (χ3v) is 2.93. The number of rotatable bonds is 6. The van der Waals surface area contributed by atoms with Crippen LogP contribution >= 0.6 is 11.6 Å². The van der Waals surface area contributed by atoms with Crippen molar-refractivity contribution in [1.29, 1.82) is 0 Å². The topological polar surface area (TPSA) is 35.5 Å². The maximum absolute atomic E-state index is 11.2. The van der Waals surface area contributed by atoms with E-state index in [-0.39, 0.29) is 0 Å². The van der Waals surface area contributed by atoms with Crippen LogP contribution in [-0.4, -0.2) is 11.8 Å². The number of carbonyl (C=O) groups excluding carboxylic acids is 1. The fourth-order valence-corrected chi connectivity index (χ4v) is 1.89. The highest BCUT2D eigenvalue weighted by atomic mass is 35.5. The number of hydrogen-bond donors (Lipinski definition) is 0. The fourth-order valence-electron chi connectivity index (χ4n) is 1.74. The second-order valence-corrected chi connectivity index (χ2v) is 5.02. The van der Waals surface area contributed by atoms with Gasteiger partial charge in [0.1, 0.15) is 12.4 Å². The van der Waals surface area contributed by atoms with Gasteiger partial charge in [-0.2, -0.15) is 0 Å². The van der Waals surface area contributed by atoms with E-state index in [0.29, 0.717) is 17.9 Å². The summed E-state index contributed by atoms with van der Waals surface area (Å²) in [6.07, 6.45) is 0. The zero-order chi connectivity index (χ0) is 17.1. The summed E-state index contributed by atoms with van der Waals surface area (Å²) in [6.45, 7) is 8.45. The van der Waals surface area contributed by atoms with Gasteiger partial charge < -0.3 is 9.47 Å². The molecule has 0 spiro atoms. The van der Waals surface area contributed by atoms with Crippen LogP contribution < -0.4 is 4.74 Å².